The number of ether oxygens (including phenoxy) is 1. The Bertz CT molecular complexity index is 485. The van der Waals surface area contributed by atoms with E-state index in [1.165, 1.54) is 0 Å². The van der Waals surface area contributed by atoms with Crippen LogP contribution in [0.4, 0.5) is 5.95 Å². The Hall–Kier alpha value is -1.71. The summed E-state index contributed by atoms with van der Waals surface area (Å²) in [4.78, 5) is 8.21. The molecule has 18 heavy (non-hydrogen) atoms. The Kier molecular flexibility index (Phi) is 3.45. The maximum atomic E-state index is 10.3. The number of nitrogens with zero attached hydrogens (tertiary/aromatic N) is 3. The van der Waals surface area contributed by atoms with Crippen molar-refractivity contribution in [2.75, 3.05) is 18.5 Å². The Morgan fingerprint density at radius 3 is 3.06 bits per heavy atom. The third kappa shape index (κ3) is 2.58. The minimum Gasteiger partial charge on any atom is -0.385 e. The van der Waals surface area contributed by atoms with Gasteiger partial charge in [-0.2, -0.15) is 5.26 Å². The lowest BCUT2D eigenvalue weighted by Gasteiger charge is -2.26. The van der Waals surface area contributed by atoms with Crippen LogP contribution in [0.15, 0.2) is 6.07 Å². The van der Waals surface area contributed by atoms with Crippen molar-refractivity contribution < 1.29 is 9.84 Å². The number of hydrogen-bond donors (Lipinski definition) is 2. The molecule has 0 amide bonds. The topological polar surface area (TPSA) is 91.1 Å². The van der Waals surface area contributed by atoms with Gasteiger partial charge in [0, 0.05) is 25.3 Å². The second-order valence-electron chi connectivity index (χ2n) is 4.55. The van der Waals surface area contributed by atoms with Gasteiger partial charge in [-0.25, -0.2) is 9.97 Å². The molecular formula is C12H16N4O2. The molecule has 1 aliphatic heterocycles. The highest BCUT2D eigenvalue weighted by molar-refractivity contribution is 5.33. The molecule has 0 radical (unpaired) electrons. The Morgan fingerprint density at radius 1 is 1.67 bits per heavy atom. The summed E-state index contributed by atoms with van der Waals surface area (Å²) < 4.78 is 5.34. The van der Waals surface area contributed by atoms with E-state index in [2.05, 4.69) is 15.3 Å². The minimum atomic E-state index is -0.903. The molecule has 2 rings (SSSR count). The SMILES string of the molecule is Cc1cc(C#N)nc(NCC2(O)CCOC2C)n1. The van der Waals surface area contributed by atoms with Crippen molar-refractivity contribution in [2.45, 2.75) is 32.0 Å². The van der Waals surface area contributed by atoms with E-state index in [1.54, 1.807) is 13.0 Å². The molecule has 2 heterocycles. The second-order valence-corrected chi connectivity index (χ2v) is 4.55. The van der Waals surface area contributed by atoms with Crippen molar-refractivity contribution in [3.63, 3.8) is 0 Å². The van der Waals surface area contributed by atoms with Gasteiger partial charge >= 0.3 is 0 Å². The molecule has 0 saturated carbocycles. The third-order valence-corrected chi connectivity index (χ3v) is 3.18. The van der Waals surface area contributed by atoms with Crippen LogP contribution >= 0.6 is 0 Å². The zero-order valence-corrected chi connectivity index (χ0v) is 10.5. The van der Waals surface area contributed by atoms with Gasteiger partial charge in [0.1, 0.15) is 17.4 Å². The Balaban J connectivity index is 2.06. The van der Waals surface area contributed by atoms with Crippen molar-refractivity contribution in [3.05, 3.63) is 17.5 Å². The smallest absolute Gasteiger partial charge is 0.224 e. The lowest BCUT2D eigenvalue weighted by atomic mass is 9.97. The summed E-state index contributed by atoms with van der Waals surface area (Å²) in [5.74, 6) is 0.360. The summed E-state index contributed by atoms with van der Waals surface area (Å²) in [7, 11) is 0. The maximum Gasteiger partial charge on any atom is 0.224 e. The monoisotopic (exact) mass is 248 g/mol. The van der Waals surface area contributed by atoms with Crippen LogP contribution in [0.5, 0.6) is 0 Å². The molecule has 1 aliphatic rings. The molecule has 1 aromatic rings. The summed E-state index contributed by atoms with van der Waals surface area (Å²) in [5, 5.41) is 22.1. The predicted octanol–water partition coefficient (Wildman–Crippen LogP) is 0.608. The molecule has 1 aromatic heterocycles. The van der Waals surface area contributed by atoms with E-state index < -0.39 is 5.60 Å². The van der Waals surface area contributed by atoms with Gasteiger partial charge in [0.25, 0.3) is 0 Å². The van der Waals surface area contributed by atoms with Crippen LogP contribution in [0.25, 0.3) is 0 Å². The van der Waals surface area contributed by atoms with Gasteiger partial charge in [-0.1, -0.05) is 0 Å². The van der Waals surface area contributed by atoms with Gasteiger partial charge in [0.15, 0.2) is 0 Å². The number of nitriles is 1. The van der Waals surface area contributed by atoms with Crippen molar-refractivity contribution in [1.29, 1.82) is 5.26 Å². The fourth-order valence-electron chi connectivity index (χ4n) is 1.94. The van der Waals surface area contributed by atoms with E-state index in [-0.39, 0.29) is 6.10 Å². The maximum absolute atomic E-state index is 10.3. The molecule has 1 fully saturated rings. The standard InChI is InChI=1S/C12H16N4O2/c1-8-5-10(6-13)16-11(15-8)14-7-12(17)3-4-18-9(12)2/h5,9,17H,3-4,7H2,1-2H3,(H,14,15,16). The molecule has 2 atom stereocenters. The minimum absolute atomic E-state index is 0.217. The van der Waals surface area contributed by atoms with Gasteiger partial charge in [0.05, 0.1) is 6.10 Å². The number of anilines is 1. The van der Waals surface area contributed by atoms with Gasteiger partial charge in [-0.05, 0) is 19.9 Å². The number of aliphatic hydroxyl groups is 1. The van der Waals surface area contributed by atoms with E-state index in [0.29, 0.717) is 36.9 Å². The van der Waals surface area contributed by atoms with Gasteiger partial charge < -0.3 is 15.2 Å². The quantitative estimate of drug-likeness (QED) is 0.814. The fraction of sp³-hybridized carbons (Fsp3) is 0.583. The summed E-state index contributed by atoms with van der Waals surface area (Å²) in [5.41, 5.74) is 0.124. The normalized spacial score (nSPS) is 26.9. The molecule has 6 heteroatoms. The molecule has 6 nitrogen and oxygen atoms in total. The predicted molar refractivity (Wildman–Crippen MR) is 65.0 cm³/mol. The molecule has 2 N–H and O–H groups in total. The lowest BCUT2D eigenvalue weighted by Crippen LogP contribution is -2.43. The first-order valence-corrected chi connectivity index (χ1v) is 5.87. The van der Waals surface area contributed by atoms with Crippen molar-refractivity contribution >= 4 is 5.95 Å². The van der Waals surface area contributed by atoms with E-state index in [4.69, 9.17) is 10.00 Å². The van der Waals surface area contributed by atoms with E-state index >= 15 is 0 Å². The van der Waals surface area contributed by atoms with E-state index in [0.717, 1.165) is 0 Å². The summed E-state index contributed by atoms with van der Waals surface area (Å²) in [6, 6.07) is 3.59. The van der Waals surface area contributed by atoms with Crippen LogP contribution in [-0.2, 0) is 4.74 Å². The Morgan fingerprint density at radius 2 is 2.44 bits per heavy atom. The first-order chi connectivity index (χ1) is 8.53. The van der Waals surface area contributed by atoms with Crippen LogP contribution in [0.2, 0.25) is 0 Å². The van der Waals surface area contributed by atoms with Gasteiger partial charge in [0.2, 0.25) is 5.95 Å². The van der Waals surface area contributed by atoms with Crippen LogP contribution in [0.3, 0.4) is 0 Å². The highest BCUT2D eigenvalue weighted by atomic mass is 16.5. The van der Waals surface area contributed by atoms with Crippen LogP contribution in [0, 0.1) is 18.3 Å². The number of nitrogens with one attached hydrogen (secondary N) is 1. The summed E-state index contributed by atoms with van der Waals surface area (Å²) >= 11 is 0. The van der Waals surface area contributed by atoms with Crippen molar-refractivity contribution in [1.82, 2.24) is 9.97 Å². The third-order valence-electron chi connectivity index (χ3n) is 3.18. The van der Waals surface area contributed by atoms with Crippen molar-refractivity contribution in [3.8, 4) is 6.07 Å². The first kappa shape index (κ1) is 12.7. The molecule has 96 valence electrons. The van der Waals surface area contributed by atoms with E-state index in [9.17, 15) is 5.11 Å². The number of rotatable bonds is 3. The average Bonchev–Trinajstić information content (AvgIpc) is 2.67. The highest BCUT2D eigenvalue weighted by Gasteiger charge is 2.39. The zero-order chi connectivity index (χ0) is 13.2. The van der Waals surface area contributed by atoms with Crippen molar-refractivity contribution in [2.24, 2.45) is 0 Å². The van der Waals surface area contributed by atoms with Crippen LogP contribution in [-0.4, -0.2) is 39.9 Å². The zero-order valence-electron chi connectivity index (χ0n) is 10.5. The molecule has 1 saturated heterocycles. The largest absolute Gasteiger partial charge is 0.385 e. The summed E-state index contributed by atoms with van der Waals surface area (Å²) in [6.07, 6.45) is 0.364. The molecule has 2 unspecified atom stereocenters. The van der Waals surface area contributed by atoms with Gasteiger partial charge in [-0.15, -0.1) is 0 Å². The fourth-order valence-corrected chi connectivity index (χ4v) is 1.94. The number of aromatic nitrogens is 2. The van der Waals surface area contributed by atoms with E-state index in [1.807, 2.05) is 13.0 Å². The Labute approximate surface area is 106 Å². The molecule has 0 bridgehead atoms. The number of hydrogen-bond acceptors (Lipinski definition) is 6. The molecule has 0 aliphatic carbocycles. The molecular weight excluding hydrogens is 232 g/mol. The molecule has 0 aromatic carbocycles. The number of aryl methyl sites for hydroxylation is 1. The average molecular weight is 248 g/mol. The second kappa shape index (κ2) is 4.88. The summed E-state index contributed by atoms with van der Waals surface area (Å²) in [6.45, 7) is 4.50. The van der Waals surface area contributed by atoms with Crippen LogP contribution < -0.4 is 5.32 Å². The molecule has 0 spiro atoms. The lowest BCUT2D eigenvalue weighted by molar-refractivity contribution is -0.0176. The highest BCUT2D eigenvalue weighted by Crippen LogP contribution is 2.25. The first-order valence-electron chi connectivity index (χ1n) is 5.87. The van der Waals surface area contributed by atoms with Gasteiger partial charge in [-0.3, -0.25) is 0 Å². The van der Waals surface area contributed by atoms with Crippen LogP contribution in [0.1, 0.15) is 24.7 Å².